The maximum atomic E-state index is 12.3. The molecule has 0 bridgehead atoms. The van der Waals surface area contributed by atoms with E-state index in [1.165, 1.54) is 11.2 Å². The van der Waals surface area contributed by atoms with Gasteiger partial charge >= 0.3 is 0 Å². The number of nitrogens with two attached hydrogens (primary N) is 1. The number of nitrogens with zero attached hydrogens (tertiary/aromatic N) is 6. The molecular weight excluding hydrogens is 466 g/mol. The first kappa shape index (κ1) is 24.4. The Morgan fingerprint density at radius 1 is 1.23 bits per heavy atom. The molecule has 1 unspecified atom stereocenters. The molecule has 35 heavy (non-hydrogen) atoms. The van der Waals surface area contributed by atoms with Crippen molar-refractivity contribution < 1.29 is 9.53 Å². The lowest BCUT2D eigenvalue weighted by molar-refractivity contribution is 0.0822. The number of hydrogen-bond acceptors (Lipinski definition) is 7. The minimum absolute atomic E-state index is 0.166. The lowest BCUT2D eigenvalue weighted by Crippen LogP contribution is -2.22. The highest BCUT2D eigenvalue weighted by atomic mass is 35.5. The molecule has 3 aromatic heterocycles. The number of rotatable bonds is 6. The summed E-state index contributed by atoms with van der Waals surface area (Å²) in [6.07, 6.45) is 3.11. The van der Waals surface area contributed by atoms with Gasteiger partial charge in [0.05, 0.1) is 23.7 Å². The predicted molar refractivity (Wildman–Crippen MR) is 137 cm³/mol. The van der Waals surface area contributed by atoms with Gasteiger partial charge in [0, 0.05) is 42.0 Å². The number of carbonyl (C=O) groups is 1. The molecule has 0 spiro atoms. The number of halogens is 1. The quantitative estimate of drug-likeness (QED) is 0.422. The van der Waals surface area contributed by atoms with Crippen LogP contribution in [0.2, 0.25) is 5.02 Å². The fourth-order valence-electron chi connectivity index (χ4n) is 4.17. The second kappa shape index (κ2) is 9.50. The third-order valence-electron chi connectivity index (χ3n) is 5.98. The molecule has 3 heterocycles. The van der Waals surface area contributed by atoms with Crippen LogP contribution in [0.25, 0.3) is 22.2 Å². The van der Waals surface area contributed by atoms with Gasteiger partial charge < -0.3 is 15.4 Å². The van der Waals surface area contributed by atoms with Crippen molar-refractivity contribution in [2.75, 3.05) is 26.4 Å². The monoisotopic (exact) mass is 493 g/mol. The smallest absolute Gasteiger partial charge is 0.271 e. The maximum Gasteiger partial charge on any atom is 0.271 e. The molecular formula is C25H28ClN7O2. The summed E-state index contributed by atoms with van der Waals surface area (Å²) in [5.74, 6) is 0.900. The second-order valence-electron chi connectivity index (χ2n) is 8.50. The molecule has 9 nitrogen and oxygen atoms in total. The normalized spacial score (nSPS) is 12.1. The molecule has 0 fully saturated rings. The summed E-state index contributed by atoms with van der Waals surface area (Å²) in [6.45, 7) is 8.21. The van der Waals surface area contributed by atoms with Crippen molar-refractivity contribution in [3.8, 4) is 16.9 Å². The molecule has 182 valence electrons. The molecule has 4 rings (SSSR count). The summed E-state index contributed by atoms with van der Waals surface area (Å²) < 4.78 is 8.01. The van der Waals surface area contributed by atoms with Gasteiger partial charge in [-0.1, -0.05) is 17.7 Å². The molecule has 0 saturated heterocycles. The van der Waals surface area contributed by atoms with Crippen LogP contribution in [0.4, 0.5) is 5.82 Å². The van der Waals surface area contributed by atoms with Gasteiger partial charge in [-0.25, -0.2) is 14.6 Å². The number of amides is 1. The first-order valence-electron chi connectivity index (χ1n) is 11.2. The van der Waals surface area contributed by atoms with Crippen LogP contribution in [0, 0.1) is 13.8 Å². The summed E-state index contributed by atoms with van der Waals surface area (Å²) in [5, 5.41) is 6.02. The molecule has 0 aliphatic rings. The average Bonchev–Trinajstić information content (AvgIpc) is 3.18. The summed E-state index contributed by atoms with van der Waals surface area (Å²) in [5.41, 5.74) is 11.1. The number of ether oxygens (including phenoxy) is 1. The lowest BCUT2D eigenvalue weighted by atomic mass is 9.94. The summed E-state index contributed by atoms with van der Waals surface area (Å²) in [7, 11) is 3.39. The standard InChI is InChI=1S/C25H28ClN7O2/c1-7-35-22-17(15(4)33-24-21(14(3)31-33)23(27)29-12-30-24)10-18(26)13(2)20(22)16-8-9-19(28-11-16)25(34)32(5)6/h8-12,15H,7H2,1-6H3,(H2,27,29,30). The number of aromatic nitrogens is 5. The fraction of sp³-hybridized carbons (Fsp3) is 0.320. The van der Waals surface area contributed by atoms with E-state index >= 15 is 0 Å². The molecule has 1 amide bonds. The third kappa shape index (κ3) is 4.27. The van der Waals surface area contributed by atoms with Crippen molar-refractivity contribution in [3.63, 3.8) is 0 Å². The summed E-state index contributed by atoms with van der Waals surface area (Å²) in [6, 6.07) is 5.20. The second-order valence-corrected chi connectivity index (χ2v) is 8.91. The predicted octanol–water partition coefficient (Wildman–Crippen LogP) is 4.45. The summed E-state index contributed by atoms with van der Waals surface area (Å²) >= 11 is 6.73. The van der Waals surface area contributed by atoms with Gasteiger partial charge in [-0.2, -0.15) is 5.10 Å². The number of pyridine rings is 1. The number of aryl methyl sites for hydroxylation is 1. The van der Waals surface area contributed by atoms with Gasteiger partial charge in [-0.15, -0.1) is 0 Å². The molecule has 2 N–H and O–H groups in total. The van der Waals surface area contributed by atoms with Gasteiger partial charge in [0.2, 0.25) is 0 Å². The van der Waals surface area contributed by atoms with E-state index in [9.17, 15) is 4.79 Å². The molecule has 1 aromatic carbocycles. The highest BCUT2D eigenvalue weighted by Crippen LogP contribution is 2.43. The van der Waals surface area contributed by atoms with Crippen molar-refractivity contribution in [1.82, 2.24) is 29.6 Å². The van der Waals surface area contributed by atoms with Crippen LogP contribution >= 0.6 is 11.6 Å². The number of nitrogen functional groups attached to an aromatic ring is 1. The van der Waals surface area contributed by atoms with E-state index in [2.05, 4.69) is 15.0 Å². The van der Waals surface area contributed by atoms with Crippen LogP contribution in [0.1, 0.15) is 47.2 Å². The van der Waals surface area contributed by atoms with Gasteiger partial charge in [-0.3, -0.25) is 9.78 Å². The first-order chi connectivity index (χ1) is 16.6. The fourth-order valence-corrected chi connectivity index (χ4v) is 4.38. The van der Waals surface area contributed by atoms with Gasteiger partial charge in [0.1, 0.15) is 23.6 Å². The molecule has 4 aromatic rings. The van der Waals surface area contributed by atoms with E-state index in [0.29, 0.717) is 34.5 Å². The van der Waals surface area contributed by atoms with E-state index in [-0.39, 0.29) is 11.9 Å². The topological polar surface area (TPSA) is 112 Å². The Labute approximate surface area is 208 Å². The van der Waals surface area contributed by atoms with E-state index in [0.717, 1.165) is 33.3 Å². The van der Waals surface area contributed by atoms with Crippen molar-refractivity contribution in [3.05, 3.63) is 58.3 Å². The van der Waals surface area contributed by atoms with E-state index in [1.807, 2.05) is 44.5 Å². The van der Waals surface area contributed by atoms with E-state index in [1.54, 1.807) is 26.4 Å². The number of hydrogen-bond donors (Lipinski definition) is 1. The molecule has 0 aliphatic carbocycles. The highest BCUT2D eigenvalue weighted by Gasteiger charge is 2.25. The van der Waals surface area contributed by atoms with Crippen LogP contribution in [-0.4, -0.2) is 56.2 Å². The average molecular weight is 494 g/mol. The van der Waals surface area contributed by atoms with Gasteiger partial charge in [0.15, 0.2) is 5.65 Å². The Morgan fingerprint density at radius 2 is 1.97 bits per heavy atom. The van der Waals surface area contributed by atoms with Crippen LogP contribution in [-0.2, 0) is 0 Å². The van der Waals surface area contributed by atoms with Crippen molar-refractivity contribution in [2.45, 2.75) is 33.7 Å². The molecule has 0 aliphatic heterocycles. The van der Waals surface area contributed by atoms with E-state index < -0.39 is 0 Å². The molecule has 0 radical (unpaired) electrons. The van der Waals surface area contributed by atoms with Crippen LogP contribution in [0.5, 0.6) is 5.75 Å². The van der Waals surface area contributed by atoms with Crippen molar-refractivity contribution in [1.29, 1.82) is 0 Å². The largest absolute Gasteiger partial charge is 0.493 e. The minimum atomic E-state index is -0.276. The zero-order valence-corrected chi connectivity index (χ0v) is 21.4. The number of benzene rings is 1. The minimum Gasteiger partial charge on any atom is -0.493 e. The Bertz CT molecular complexity index is 1410. The third-order valence-corrected chi connectivity index (χ3v) is 6.37. The SMILES string of the molecule is CCOc1c(C(C)n2nc(C)c3c(N)ncnc32)cc(Cl)c(C)c1-c1ccc(C(=O)N(C)C)nc1. The van der Waals surface area contributed by atoms with Crippen LogP contribution in [0.15, 0.2) is 30.7 Å². The van der Waals surface area contributed by atoms with Crippen molar-refractivity contribution >= 4 is 34.4 Å². The maximum absolute atomic E-state index is 12.3. The Balaban J connectivity index is 1.90. The van der Waals surface area contributed by atoms with Crippen LogP contribution < -0.4 is 10.5 Å². The number of carbonyl (C=O) groups excluding carboxylic acids is 1. The molecule has 10 heteroatoms. The van der Waals surface area contributed by atoms with Crippen molar-refractivity contribution in [2.24, 2.45) is 0 Å². The van der Waals surface area contributed by atoms with E-state index in [4.69, 9.17) is 27.2 Å². The summed E-state index contributed by atoms with van der Waals surface area (Å²) in [4.78, 5) is 26.7. The lowest BCUT2D eigenvalue weighted by Gasteiger charge is -2.23. The Kier molecular flexibility index (Phi) is 6.62. The first-order valence-corrected chi connectivity index (χ1v) is 11.6. The number of anilines is 1. The Hall–Kier alpha value is -3.72. The van der Waals surface area contributed by atoms with Gasteiger partial charge in [-0.05, 0) is 45.4 Å². The molecule has 0 saturated carbocycles. The molecule has 1 atom stereocenters. The zero-order valence-electron chi connectivity index (χ0n) is 20.6. The Morgan fingerprint density at radius 3 is 2.60 bits per heavy atom. The van der Waals surface area contributed by atoms with Gasteiger partial charge in [0.25, 0.3) is 5.91 Å². The highest BCUT2D eigenvalue weighted by molar-refractivity contribution is 6.32. The zero-order chi connectivity index (χ0) is 25.4. The van der Waals surface area contributed by atoms with Crippen LogP contribution in [0.3, 0.4) is 0 Å². The number of fused-ring (bicyclic) bond motifs is 1.